The van der Waals surface area contributed by atoms with Gasteiger partial charge in [0.25, 0.3) is 0 Å². The summed E-state index contributed by atoms with van der Waals surface area (Å²) in [7, 11) is 0. The maximum atomic E-state index is 12.5. The summed E-state index contributed by atoms with van der Waals surface area (Å²) in [5, 5.41) is 12.3. The molecule has 1 N–H and O–H groups in total. The molecule has 1 atom stereocenters. The van der Waals surface area contributed by atoms with Crippen molar-refractivity contribution in [3.63, 3.8) is 0 Å². The highest BCUT2D eigenvalue weighted by molar-refractivity contribution is 7.99. The summed E-state index contributed by atoms with van der Waals surface area (Å²) in [6, 6.07) is 15.5. The van der Waals surface area contributed by atoms with Crippen LogP contribution in [-0.4, -0.2) is 33.2 Å². The van der Waals surface area contributed by atoms with Gasteiger partial charge >= 0.3 is 0 Å². The molecular formula is C21H22N4O3S. The number of hydrogen-bond acceptors (Lipinski definition) is 6. The SMILES string of the molecule is CCn1c(SCC(=O)NC(C)c2ccc3c(c2)OCO3)nnc1-c1ccccc1. The predicted molar refractivity (Wildman–Crippen MR) is 111 cm³/mol. The van der Waals surface area contributed by atoms with Gasteiger partial charge in [-0.2, -0.15) is 0 Å². The second-order valence-corrected chi connectivity index (χ2v) is 7.55. The van der Waals surface area contributed by atoms with E-state index >= 15 is 0 Å². The van der Waals surface area contributed by atoms with Crippen molar-refractivity contribution in [1.82, 2.24) is 20.1 Å². The van der Waals surface area contributed by atoms with Crippen LogP contribution in [0, 0.1) is 0 Å². The molecule has 7 nitrogen and oxygen atoms in total. The smallest absolute Gasteiger partial charge is 0.231 e. The first-order valence-electron chi connectivity index (χ1n) is 9.46. The molecule has 1 unspecified atom stereocenters. The summed E-state index contributed by atoms with van der Waals surface area (Å²) in [5.41, 5.74) is 1.98. The molecule has 1 aliphatic heterocycles. The number of nitrogens with one attached hydrogen (secondary N) is 1. The van der Waals surface area contributed by atoms with Gasteiger partial charge in [-0.15, -0.1) is 10.2 Å². The lowest BCUT2D eigenvalue weighted by Crippen LogP contribution is -2.28. The third kappa shape index (κ3) is 4.22. The van der Waals surface area contributed by atoms with Crippen LogP contribution in [0.5, 0.6) is 11.5 Å². The molecule has 150 valence electrons. The Bertz CT molecular complexity index is 1010. The predicted octanol–water partition coefficient (Wildman–Crippen LogP) is 3.66. The second-order valence-electron chi connectivity index (χ2n) is 6.61. The highest BCUT2D eigenvalue weighted by Crippen LogP contribution is 2.34. The van der Waals surface area contributed by atoms with Gasteiger partial charge in [-0.05, 0) is 31.5 Å². The molecule has 1 aliphatic rings. The third-order valence-corrected chi connectivity index (χ3v) is 5.64. The molecule has 3 aromatic rings. The fraction of sp³-hybridized carbons (Fsp3) is 0.286. The van der Waals surface area contributed by atoms with Gasteiger partial charge < -0.3 is 19.4 Å². The van der Waals surface area contributed by atoms with Gasteiger partial charge in [-0.1, -0.05) is 48.2 Å². The minimum Gasteiger partial charge on any atom is -0.454 e. The number of carbonyl (C=O) groups is 1. The van der Waals surface area contributed by atoms with E-state index in [-0.39, 0.29) is 24.5 Å². The van der Waals surface area contributed by atoms with E-state index in [0.29, 0.717) is 5.75 Å². The molecule has 0 aliphatic carbocycles. The highest BCUT2D eigenvalue weighted by Gasteiger charge is 2.18. The number of aromatic nitrogens is 3. The van der Waals surface area contributed by atoms with Crippen LogP contribution in [0.15, 0.2) is 53.7 Å². The van der Waals surface area contributed by atoms with E-state index < -0.39 is 0 Å². The fourth-order valence-electron chi connectivity index (χ4n) is 3.16. The van der Waals surface area contributed by atoms with Crippen molar-refractivity contribution in [1.29, 1.82) is 0 Å². The maximum Gasteiger partial charge on any atom is 0.231 e. The molecule has 0 saturated heterocycles. The molecule has 0 fully saturated rings. The maximum absolute atomic E-state index is 12.5. The largest absolute Gasteiger partial charge is 0.454 e. The molecule has 1 aromatic heterocycles. The second kappa shape index (κ2) is 8.57. The Morgan fingerprint density at radius 2 is 1.97 bits per heavy atom. The number of amides is 1. The average molecular weight is 410 g/mol. The van der Waals surface area contributed by atoms with Gasteiger partial charge in [-0.3, -0.25) is 4.79 Å². The lowest BCUT2D eigenvalue weighted by Gasteiger charge is -2.15. The van der Waals surface area contributed by atoms with E-state index in [1.165, 1.54) is 11.8 Å². The normalized spacial score (nSPS) is 13.3. The zero-order chi connectivity index (χ0) is 20.2. The average Bonchev–Trinajstić information content (AvgIpc) is 3.38. The molecule has 8 heteroatoms. The van der Waals surface area contributed by atoms with Crippen LogP contribution < -0.4 is 14.8 Å². The van der Waals surface area contributed by atoms with Crippen molar-refractivity contribution in [3.05, 3.63) is 54.1 Å². The van der Waals surface area contributed by atoms with Crippen LogP contribution in [0.25, 0.3) is 11.4 Å². The van der Waals surface area contributed by atoms with Crippen molar-refractivity contribution >= 4 is 17.7 Å². The molecule has 0 spiro atoms. The van der Waals surface area contributed by atoms with Gasteiger partial charge in [0.2, 0.25) is 12.7 Å². The van der Waals surface area contributed by atoms with E-state index in [2.05, 4.69) is 15.5 Å². The Morgan fingerprint density at radius 3 is 2.76 bits per heavy atom. The van der Waals surface area contributed by atoms with Crippen LogP contribution >= 0.6 is 11.8 Å². The van der Waals surface area contributed by atoms with Crippen molar-refractivity contribution < 1.29 is 14.3 Å². The highest BCUT2D eigenvalue weighted by atomic mass is 32.2. The third-order valence-electron chi connectivity index (χ3n) is 4.67. The standard InChI is InChI=1S/C21H22N4O3S/c1-3-25-20(15-7-5-4-6-8-15)23-24-21(25)29-12-19(26)22-14(2)16-9-10-17-18(11-16)28-13-27-17/h4-11,14H,3,12-13H2,1-2H3,(H,22,26). The first-order valence-corrected chi connectivity index (χ1v) is 10.4. The number of hydrogen-bond donors (Lipinski definition) is 1. The minimum atomic E-state index is -0.137. The molecule has 2 heterocycles. The van der Waals surface area contributed by atoms with E-state index in [1.54, 1.807) is 0 Å². The monoisotopic (exact) mass is 410 g/mol. The number of fused-ring (bicyclic) bond motifs is 1. The van der Waals surface area contributed by atoms with Crippen LogP contribution in [0.2, 0.25) is 0 Å². The van der Waals surface area contributed by atoms with E-state index in [4.69, 9.17) is 9.47 Å². The van der Waals surface area contributed by atoms with Crippen LogP contribution in [0.3, 0.4) is 0 Å². The van der Waals surface area contributed by atoms with Crippen LogP contribution in [0.1, 0.15) is 25.5 Å². The van der Waals surface area contributed by atoms with Crippen molar-refractivity contribution in [2.75, 3.05) is 12.5 Å². The van der Waals surface area contributed by atoms with Crippen molar-refractivity contribution in [2.45, 2.75) is 31.6 Å². The fourth-order valence-corrected chi connectivity index (χ4v) is 3.97. The van der Waals surface area contributed by atoms with Crippen LogP contribution in [0.4, 0.5) is 0 Å². The topological polar surface area (TPSA) is 78.3 Å². The molecule has 1 amide bonds. The molecule has 4 rings (SSSR count). The number of rotatable bonds is 7. The zero-order valence-corrected chi connectivity index (χ0v) is 17.1. The van der Waals surface area contributed by atoms with Crippen LogP contribution in [-0.2, 0) is 11.3 Å². The lowest BCUT2D eigenvalue weighted by atomic mass is 10.1. The number of nitrogens with zero attached hydrogens (tertiary/aromatic N) is 3. The van der Waals surface area contributed by atoms with Gasteiger partial charge in [0.1, 0.15) is 0 Å². The quantitative estimate of drug-likeness (QED) is 0.599. The van der Waals surface area contributed by atoms with Gasteiger partial charge in [0.05, 0.1) is 11.8 Å². The summed E-state index contributed by atoms with van der Waals surface area (Å²) in [6.45, 7) is 4.96. The summed E-state index contributed by atoms with van der Waals surface area (Å²) < 4.78 is 12.8. The Morgan fingerprint density at radius 1 is 1.17 bits per heavy atom. The van der Waals surface area contributed by atoms with Gasteiger partial charge in [0, 0.05) is 12.1 Å². The molecular weight excluding hydrogens is 388 g/mol. The first-order chi connectivity index (χ1) is 14.2. The number of thioether (sulfide) groups is 1. The number of carbonyl (C=O) groups excluding carboxylic acids is 1. The van der Waals surface area contributed by atoms with Gasteiger partial charge in [-0.25, -0.2) is 0 Å². The van der Waals surface area contributed by atoms with Gasteiger partial charge in [0.15, 0.2) is 22.5 Å². The Hall–Kier alpha value is -3.00. The lowest BCUT2D eigenvalue weighted by molar-refractivity contribution is -0.119. The Labute approximate surface area is 173 Å². The summed E-state index contributed by atoms with van der Waals surface area (Å²) in [6.07, 6.45) is 0. The molecule has 0 saturated carbocycles. The van der Waals surface area contributed by atoms with E-state index in [0.717, 1.165) is 34.4 Å². The van der Waals surface area contributed by atoms with Crippen molar-refractivity contribution in [3.8, 4) is 22.9 Å². The van der Waals surface area contributed by atoms with Crippen molar-refractivity contribution in [2.24, 2.45) is 0 Å². The molecule has 0 bridgehead atoms. The molecule has 2 aromatic carbocycles. The summed E-state index contributed by atoms with van der Waals surface area (Å²) in [5.74, 6) is 2.46. The summed E-state index contributed by atoms with van der Waals surface area (Å²) >= 11 is 1.39. The molecule has 0 radical (unpaired) electrons. The Kier molecular flexibility index (Phi) is 5.71. The van der Waals surface area contributed by atoms with E-state index in [1.807, 2.05) is 66.9 Å². The molecule has 29 heavy (non-hydrogen) atoms. The van der Waals surface area contributed by atoms with E-state index in [9.17, 15) is 4.79 Å². The number of benzene rings is 2. The summed E-state index contributed by atoms with van der Waals surface area (Å²) in [4.78, 5) is 12.5. The minimum absolute atomic E-state index is 0.0629. The zero-order valence-electron chi connectivity index (χ0n) is 16.3. The first kappa shape index (κ1) is 19.3. The Balaban J connectivity index is 1.38. The number of ether oxygens (including phenoxy) is 2.